The van der Waals surface area contributed by atoms with Crippen LogP contribution in [0.4, 0.5) is 15.9 Å². The molecule has 4 rings (SSSR count). The van der Waals surface area contributed by atoms with Crippen LogP contribution in [-0.4, -0.2) is 20.5 Å². The molecule has 142 valence electrons. The van der Waals surface area contributed by atoms with Gasteiger partial charge in [0.1, 0.15) is 28.8 Å². The van der Waals surface area contributed by atoms with E-state index in [0.717, 1.165) is 5.56 Å². The van der Waals surface area contributed by atoms with Gasteiger partial charge in [-0.05, 0) is 43.3 Å². The van der Waals surface area contributed by atoms with Crippen molar-refractivity contribution in [2.45, 2.75) is 6.92 Å². The molecule has 2 heterocycles. The minimum atomic E-state index is -0.413. The van der Waals surface area contributed by atoms with Gasteiger partial charge in [-0.3, -0.25) is 4.79 Å². The molecule has 3 N–H and O–H groups in total. The Morgan fingerprint density at radius 3 is 2.52 bits per heavy atom. The summed E-state index contributed by atoms with van der Waals surface area (Å²) in [7, 11) is 0. The Hall–Kier alpha value is -4.25. The molecule has 29 heavy (non-hydrogen) atoms. The number of nitriles is 1. The Labute approximate surface area is 165 Å². The first-order valence-corrected chi connectivity index (χ1v) is 8.69. The maximum Gasteiger partial charge on any atom is 0.261 e. The van der Waals surface area contributed by atoms with Gasteiger partial charge in [-0.1, -0.05) is 17.7 Å². The number of aromatic nitrogens is 3. The van der Waals surface area contributed by atoms with Gasteiger partial charge in [0.2, 0.25) is 0 Å². The number of aryl methyl sites for hydroxylation is 1. The number of nitrogens with one attached hydrogen (secondary N) is 1. The highest BCUT2D eigenvalue weighted by Gasteiger charge is 2.21. The molecule has 0 bridgehead atoms. The molecular weight excluding hydrogens is 371 g/mol. The van der Waals surface area contributed by atoms with Gasteiger partial charge in [-0.25, -0.2) is 9.37 Å². The van der Waals surface area contributed by atoms with Gasteiger partial charge in [-0.15, -0.1) is 0 Å². The Balaban J connectivity index is 1.82. The maximum absolute atomic E-state index is 13.3. The summed E-state index contributed by atoms with van der Waals surface area (Å²) in [6.45, 7) is 1.95. The van der Waals surface area contributed by atoms with Crippen molar-refractivity contribution < 1.29 is 9.18 Å². The van der Waals surface area contributed by atoms with E-state index in [9.17, 15) is 14.4 Å². The van der Waals surface area contributed by atoms with Crippen molar-refractivity contribution in [3.05, 3.63) is 77.2 Å². The van der Waals surface area contributed by atoms with E-state index in [-0.39, 0.29) is 28.3 Å². The van der Waals surface area contributed by atoms with E-state index in [2.05, 4.69) is 15.4 Å². The third-order valence-electron chi connectivity index (χ3n) is 4.47. The van der Waals surface area contributed by atoms with Crippen LogP contribution in [0.3, 0.4) is 0 Å². The normalized spacial score (nSPS) is 10.7. The monoisotopic (exact) mass is 386 g/mol. The van der Waals surface area contributed by atoms with Crippen LogP contribution in [0.5, 0.6) is 0 Å². The number of nitrogens with two attached hydrogens (primary N) is 1. The molecule has 0 saturated heterocycles. The molecule has 8 heteroatoms. The van der Waals surface area contributed by atoms with Crippen LogP contribution < -0.4 is 11.1 Å². The molecule has 0 radical (unpaired) electrons. The minimum absolute atomic E-state index is 0.0474. The highest BCUT2D eigenvalue weighted by Crippen LogP contribution is 2.28. The van der Waals surface area contributed by atoms with E-state index >= 15 is 0 Å². The van der Waals surface area contributed by atoms with Crippen molar-refractivity contribution >= 4 is 23.1 Å². The number of anilines is 2. The average Bonchev–Trinajstić information content (AvgIpc) is 3.15. The number of fused-ring (bicyclic) bond motifs is 1. The van der Waals surface area contributed by atoms with Crippen molar-refractivity contribution in [2.75, 3.05) is 11.1 Å². The second-order valence-corrected chi connectivity index (χ2v) is 6.45. The number of hydrogen-bond donors (Lipinski definition) is 2. The van der Waals surface area contributed by atoms with Crippen molar-refractivity contribution in [3.63, 3.8) is 0 Å². The molecule has 0 aliphatic heterocycles. The molecule has 0 fully saturated rings. The lowest BCUT2D eigenvalue weighted by Gasteiger charge is -2.09. The highest BCUT2D eigenvalue weighted by atomic mass is 19.1. The number of halogens is 1. The molecule has 0 spiro atoms. The number of nitrogen functional groups attached to an aromatic ring is 1. The molecule has 0 atom stereocenters. The number of carbonyl (C=O) groups excluding carboxylic acids is 1. The Morgan fingerprint density at radius 1 is 1.17 bits per heavy atom. The van der Waals surface area contributed by atoms with E-state index in [0.29, 0.717) is 11.3 Å². The fraction of sp³-hybridized carbons (Fsp3) is 0.0476. The second-order valence-electron chi connectivity index (χ2n) is 6.45. The zero-order valence-corrected chi connectivity index (χ0v) is 15.3. The van der Waals surface area contributed by atoms with Gasteiger partial charge < -0.3 is 11.1 Å². The summed E-state index contributed by atoms with van der Waals surface area (Å²) in [5, 5.41) is 16.4. The van der Waals surface area contributed by atoms with Gasteiger partial charge >= 0.3 is 0 Å². The summed E-state index contributed by atoms with van der Waals surface area (Å²) < 4.78 is 14.5. The Morgan fingerprint density at radius 2 is 1.86 bits per heavy atom. The number of hydrogen-bond acceptors (Lipinski definition) is 5. The van der Waals surface area contributed by atoms with Gasteiger partial charge in [0, 0.05) is 11.3 Å². The van der Waals surface area contributed by atoms with Gasteiger partial charge in [0.15, 0.2) is 5.65 Å². The molecule has 2 aromatic carbocycles. The lowest BCUT2D eigenvalue weighted by atomic mass is 10.1. The third-order valence-corrected chi connectivity index (χ3v) is 4.47. The number of rotatable bonds is 3. The zero-order chi connectivity index (χ0) is 20.5. The molecule has 0 aliphatic rings. The van der Waals surface area contributed by atoms with E-state index in [1.54, 1.807) is 12.1 Å². The second kappa shape index (κ2) is 7.05. The summed E-state index contributed by atoms with van der Waals surface area (Å²) in [4.78, 5) is 17.2. The number of nitrogens with zero attached hydrogens (tertiary/aromatic N) is 4. The number of benzene rings is 2. The predicted molar refractivity (Wildman–Crippen MR) is 107 cm³/mol. The van der Waals surface area contributed by atoms with Crippen molar-refractivity contribution in [1.29, 1.82) is 5.26 Å². The molecule has 4 aromatic rings. The zero-order valence-electron chi connectivity index (χ0n) is 15.3. The molecule has 7 nitrogen and oxygen atoms in total. The topological polar surface area (TPSA) is 109 Å². The molecule has 0 saturated carbocycles. The SMILES string of the molecule is Cc1ccc(NC(=O)c2cnn3c(N)c(C#N)c(-c4ccc(F)cc4)nc23)cc1. The van der Waals surface area contributed by atoms with Gasteiger partial charge in [0.05, 0.1) is 11.9 Å². The number of amides is 1. The van der Waals surface area contributed by atoms with Crippen molar-refractivity contribution in [3.8, 4) is 17.3 Å². The quantitative estimate of drug-likeness (QED) is 0.560. The Kier molecular flexibility index (Phi) is 4.41. The predicted octanol–water partition coefficient (Wildman–Crippen LogP) is 3.55. The summed E-state index contributed by atoms with van der Waals surface area (Å²) in [6, 6.07) is 14.9. The lowest BCUT2D eigenvalue weighted by molar-refractivity contribution is 0.102. The van der Waals surface area contributed by atoms with Crippen LogP contribution in [0.2, 0.25) is 0 Å². The van der Waals surface area contributed by atoms with Gasteiger partial charge in [0.25, 0.3) is 5.91 Å². The van der Waals surface area contributed by atoms with Crippen LogP contribution in [0.15, 0.2) is 54.7 Å². The van der Waals surface area contributed by atoms with Crippen molar-refractivity contribution in [2.24, 2.45) is 0 Å². The lowest BCUT2D eigenvalue weighted by Crippen LogP contribution is -2.13. The first-order valence-electron chi connectivity index (χ1n) is 8.69. The summed E-state index contributed by atoms with van der Waals surface area (Å²) in [5.41, 5.74) is 9.06. The largest absolute Gasteiger partial charge is 0.382 e. The van der Waals surface area contributed by atoms with Crippen LogP contribution in [0.25, 0.3) is 16.9 Å². The van der Waals surface area contributed by atoms with E-state index < -0.39 is 11.7 Å². The maximum atomic E-state index is 13.3. The molecule has 0 aliphatic carbocycles. The molecular formula is C21H15FN6O. The van der Waals surface area contributed by atoms with Crippen LogP contribution in [0, 0.1) is 24.1 Å². The summed E-state index contributed by atoms with van der Waals surface area (Å²) >= 11 is 0. The van der Waals surface area contributed by atoms with Crippen LogP contribution in [-0.2, 0) is 0 Å². The molecule has 0 unspecified atom stereocenters. The van der Waals surface area contributed by atoms with Crippen LogP contribution >= 0.6 is 0 Å². The fourth-order valence-corrected chi connectivity index (χ4v) is 2.94. The number of carbonyl (C=O) groups is 1. The van der Waals surface area contributed by atoms with E-state index in [4.69, 9.17) is 5.73 Å². The first kappa shape index (κ1) is 18.1. The van der Waals surface area contributed by atoms with Gasteiger partial charge in [-0.2, -0.15) is 14.9 Å². The first-order chi connectivity index (χ1) is 14.0. The van der Waals surface area contributed by atoms with E-state index in [1.165, 1.54) is 35.0 Å². The third kappa shape index (κ3) is 3.26. The summed E-state index contributed by atoms with van der Waals surface area (Å²) in [5.74, 6) is -0.777. The fourth-order valence-electron chi connectivity index (χ4n) is 2.94. The average molecular weight is 386 g/mol. The minimum Gasteiger partial charge on any atom is -0.382 e. The standard InChI is InChI=1S/C21H15FN6O/c1-12-2-8-15(9-3-12)26-21(29)17-11-25-28-19(24)16(10-23)18(27-20(17)28)13-4-6-14(22)7-5-13/h2-9,11H,24H2,1H3,(H,26,29). The summed E-state index contributed by atoms with van der Waals surface area (Å²) in [6.07, 6.45) is 1.35. The van der Waals surface area contributed by atoms with Crippen LogP contribution in [0.1, 0.15) is 21.5 Å². The highest BCUT2D eigenvalue weighted by molar-refractivity contribution is 6.08. The molecule has 1 amide bonds. The van der Waals surface area contributed by atoms with E-state index in [1.807, 2.05) is 25.1 Å². The molecule has 2 aromatic heterocycles. The smallest absolute Gasteiger partial charge is 0.261 e. The van der Waals surface area contributed by atoms with Crippen molar-refractivity contribution in [1.82, 2.24) is 14.6 Å². The Bertz CT molecular complexity index is 1270.